The van der Waals surface area contributed by atoms with Gasteiger partial charge in [-0.05, 0) is 53.8 Å². The molecule has 2 aromatic carbocycles. The fourth-order valence-corrected chi connectivity index (χ4v) is 5.93. The molecule has 2 aliphatic carbocycles. The van der Waals surface area contributed by atoms with E-state index < -0.39 is 16.1 Å². The highest BCUT2D eigenvalue weighted by Gasteiger charge is 2.41. The van der Waals surface area contributed by atoms with Crippen LogP contribution in [0.3, 0.4) is 0 Å². The van der Waals surface area contributed by atoms with Crippen molar-refractivity contribution in [2.24, 2.45) is 0 Å². The van der Waals surface area contributed by atoms with Crippen LogP contribution in [0.15, 0.2) is 48.7 Å². The van der Waals surface area contributed by atoms with Gasteiger partial charge in [-0.25, -0.2) is 22.9 Å². The number of aromatic nitrogens is 2. The number of ether oxygens (including phenoxy) is 1. The number of amides is 1. The maximum Gasteiger partial charge on any atom is 0.408 e. The summed E-state index contributed by atoms with van der Waals surface area (Å²) in [6.07, 6.45) is 3.10. The fourth-order valence-electron chi connectivity index (χ4n) is 4.43. The highest BCUT2D eigenvalue weighted by atomic mass is 35.5. The predicted molar refractivity (Wildman–Crippen MR) is 135 cm³/mol. The molecule has 2 fully saturated rings. The Morgan fingerprint density at radius 3 is 2.64 bits per heavy atom. The topological polar surface area (TPSA) is 134 Å². The first-order valence-corrected chi connectivity index (χ1v) is 13.5. The van der Waals surface area contributed by atoms with E-state index in [9.17, 15) is 13.2 Å². The Hall–Kier alpha value is -3.41. The van der Waals surface area contributed by atoms with Crippen LogP contribution in [0.1, 0.15) is 35.6 Å². The summed E-state index contributed by atoms with van der Waals surface area (Å²) in [4.78, 5) is 20.3. The standard InChI is InChI=1S/C24H23ClN6O4S/c25-19-12-26-23(29-16-6-3-14-9-20-21(18(14)10-16)30-24(32)35-20)31-22(19)28-15-4-1-13(2-5-15)11-27-36(33,34)17-7-8-17/h1-6,10,12,17,20-21,27H,7-9,11H2,(H,30,32)(H2,26,28,29,31)/t20-,21+/m1/s1. The lowest BCUT2D eigenvalue weighted by Gasteiger charge is -2.12. The Labute approximate surface area is 212 Å². The summed E-state index contributed by atoms with van der Waals surface area (Å²) in [7, 11) is -3.22. The van der Waals surface area contributed by atoms with Crippen molar-refractivity contribution < 1.29 is 17.9 Å². The van der Waals surface area contributed by atoms with E-state index in [1.807, 2.05) is 42.5 Å². The molecule has 1 saturated carbocycles. The molecule has 0 radical (unpaired) electrons. The number of fused-ring (bicyclic) bond motifs is 3. The van der Waals surface area contributed by atoms with E-state index in [0.717, 1.165) is 40.9 Å². The molecule has 2 heterocycles. The van der Waals surface area contributed by atoms with Crippen LogP contribution in [0.2, 0.25) is 5.02 Å². The average Bonchev–Trinajstić information content (AvgIpc) is 3.59. The van der Waals surface area contributed by atoms with Gasteiger partial charge in [-0.3, -0.25) is 0 Å². The lowest BCUT2D eigenvalue weighted by molar-refractivity contribution is 0.136. The van der Waals surface area contributed by atoms with Crippen LogP contribution in [-0.2, 0) is 27.7 Å². The molecular weight excluding hydrogens is 504 g/mol. The third kappa shape index (κ3) is 4.69. The van der Waals surface area contributed by atoms with Crippen LogP contribution in [0.25, 0.3) is 0 Å². The predicted octanol–water partition coefficient (Wildman–Crippen LogP) is 3.90. The molecule has 1 amide bonds. The summed E-state index contributed by atoms with van der Waals surface area (Å²) in [5.74, 6) is 0.781. The van der Waals surface area contributed by atoms with Crippen LogP contribution < -0.4 is 20.7 Å². The van der Waals surface area contributed by atoms with E-state index in [2.05, 4.69) is 30.6 Å². The van der Waals surface area contributed by atoms with Gasteiger partial charge in [0.1, 0.15) is 11.1 Å². The van der Waals surface area contributed by atoms with Crippen molar-refractivity contribution >= 4 is 50.9 Å². The summed E-state index contributed by atoms with van der Waals surface area (Å²) >= 11 is 6.32. The summed E-state index contributed by atoms with van der Waals surface area (Å²) in [6, 6.07) is 13.1. The zero-order chi connectivity index (χ0) is 24.9. The number of rotatable bonds is 8. The summed E-state index contributed by atoms with van der Waals surface area (Å²) in [5.41, 5.74) is 4.53. The number of carbonyl (C=O) groups excluding carboxylic acids is 1. The van der Waals surface area contributed by atoms with Gasteiger partial charge in [0.2, 0.25) is 16.0 Å². The first-order chi connectivity index (χ1) is 17.3. The van der Waals surface area contributed by atoms with Gasteiger partial charge in [0.05, 0.1) is 17.5 Å². The molecule has 4 N–H and O–H groups in total. The Balaban J connectivity index is 1.13. The van der Waals surface area contributed by atoms with Crippen LogP contribution >= 0.6 is 11.6 Å². The lowest BCUT2D eigenvalue weighted by Crippen LogP contribution is -2.26. The SMILES string of the molecule is O=C1N[C@H]2c3cc(Nc4ncc(Cl)c(Nc5ccc(CNS(=O)(=O)C6CC6)cc5)n4)ccc3C[C@H]2O1. The van der Waals surface area contributed by atoms with E-state index in [-0.39, 0.29) is 23.9 Å². The molecule has 186 valence electrons. The molecular formula is C24H23ClN6O4S. The number of carbonyl (C=O) groups is 1. The van der Waals surface area contributed by atoms with Crippen molar-refractivity contribution in [3.05, 3.63) is 70.4 Å². The monoisotopic (exact) mass is 526 g/mol. The molecule has 1 aliphatic heterocycles. The molecule has 6 rings (SSSR count). The van der Waals surface area contributed by atoms with Crippen molar-refractivity contribution in [3.63, 3.8) is 0 Å². The Kier molecular flexibility index (Phi) is 5.70. The van der Waals surface area contributed by atoms with E-state index in [1.54, 1.807) is 0 Å². The molecule has 1 saturated heterocycles. The first-order valence-electron chi connectivity index (χ1n) is 11.6. The minimum atomic E-state index is -3.22. The maximum atomic E-state index is 12.0. The number of nitrogens with zero attached hydrogens (tertiary/aromatic N) is 2. The van der Waals surface area contributed by atoms with E-state index in [4.69, 9.17) is 16.3 Å². The maximum absolute atomic E-state index is 12.0. The highest BCUT2D eigenvalue weighted by molar-refractivity contribution is 7.90. The zero-order valence-electron chi connectivity index (χ0n) is 19.0. The number of alkyl carbamates (subject to hydrolysis) is 1. The smallest absolute Gasteiger partial charge is 0.408 e. The first kappa shape index (κ1) is 23.0. The molecule has 10 nitrogen and oxygen atoms in total. The second kappa shape index (κ2) is 8.91. The highest BCUT2D eigenvalue weighted by Crippen LogP contribution is 2.38. The Bertz CT molecular complexity index is 1450. The number of hydrogen-bond donors (Lipinski definition) is 4. The molecule has 3 aliphatic rings. The van der Waals surface area contributed by atoms with Gasteiger partial charge in [-0.15, -0.1) is 0 Å². The van der Waals surface area contributed by atoms with Gasteiger partial charge >= 0.3 is 6.09 Å². The van der Waals surface area contributed by atoms with E-state index in [0.29, 0.717) is 23.2 Å². The van der Waals surface area contributed by atoms with Crippen LogP contribution in [0, 0.1) is 0 Å². The quantitative estimate of drug-likeness (QED) is 0.347. The molecule has 0 unspecified atom stereocenters. The molecule has 36 heavy (non-hydrogen) atoms. The molecule has 2 atom stereocenters. The van der Waals surface area contributed by atoms with Gasteiger partial charge in [0.25, 0.3) is 0 Å². The van der Waals surface area contributed by atoms with E-state index >= 15 is 0 Å². The molecule has 1 aromatic heterocycles. The van der Waals surface area contributed by atoms with Gasteiger partial charge in [0.15, 0.2) is 5.82 Å². The van der Waals surface area contributed by atoms with Crippen LogP contribution in [-0.4, -0.2) is 35.8 Å². The second-order valence-corrected chi connectivity index (χ2v) is 11.5. The third-order valence-corrected chi connectivity index (χ3v) is 8.64. The van der Waals surface area contributed by atoms with Gasteiger partial charge in [-0.1, -0.05) is 29.8 Å². The van der Waals surface area contributed by atoms with Crippen molar-refractivity contribution in [1.82, 2.24) is 20.0 Å². The van der Waals surface area contributed by atoms with Crippen molar-refractivity contribution in [3.8, 4) is 0 Å². The largest absolute Gasteiger partial charge is 0.443 e. The van der Waals surface area contributed by atoms with Crippen molar-refractivity contribution in [1.29, 1.82) is 0 Å². The van der Waals surface area contributed by atoms with Crippen molar-refractivity contribution in [2.75, 3.05) is 10.6 Å². The number of benzene rings is 2. The van der Waals surface area contributed by atoms with Gasteiger partial charge in [-0.2, -0.15) is 4.98 Å². The summed E-state index contributed by atoms with van der Waals surface area (Å²) in [5, 5.41) is 9.33. The Morgan fingerprint density at radius 1 is 1.08 bits per heavy atom. The lowest BCUT2D eigenvalue weighted by atomic mass is 10.1. The zero-order valence-corrected chi connectivity index (χ0v) is 20.6. The average molecular weight is 527 g/mol. The Morgan fingerprint density at radius 2 is 1.86 bits per heavy atom. The number of halogens is 1. The van der Waals surface area contributed by atoms with Crippen LogP contribution in [0.4, 0.5) is 27.9 Å². The minimum absolute atomic E-state index is 0.149. The van der Waals surface area contributed by atoms with Crippen LogP contribution in [0.5, 0.6) is 0 Å². The number of anilines is 4. The molecule has 0 bridgehead atoms. The number of hydrogen-bond acceptors (Lipinski definition) is 8. The fraction of sp³-hybridized carbons (Fsp3) is 0.292. The number of sulfonamides is 1. The minimum Gasteiger partial charge on any atom is -0.443 e. The van der Waals surface area contributed by atoms with Crippen molar-refractivity contribution in [2.45, 2.75) is 43.2 Å². The van der Waals surface area contributed by atoms with E-state index in [1.165, 1.54) is 6.20 Å². The second-order valence-electron chi connectivity index (χ2n) is 9.09. The summed E-state index contributed by atoms with van der Waals surface area (Å²) in [6.45, 7) is 0.250. The molecule has 12 heteroatoms. The van der Waals surface area contributed by atoms with Gasteiger partial charge in [0, 0.05) is 24.3 Å². The molecule has 3 aromatic rings. The number of nitrogens with one attached hydrogen (secondary N) is 4. The summed E-state index contributed by atoms with van der Waals surface area (Å²) < 4.78 is 32.0. The third-order valence-electron chi connectivity index (χ3n) is 6.46. The normalized spacial score (nSPS) is 20.3. The molecule has 0 spiro atoms. The van der Waals surface area contributed by atoms with Gasteiger partial charge < -0.3 is 20.7 Å².